The van der Waals surface area contributed by atoms with Gasteiger partial charge in [0, 0.05) is 6.04 Å². The molecule has 0 aromatic carbocycles. The second kappa shape index (κ2) is 14.9. The molecule has 1 unspecified atom stereocenters. The Morgan fingerprint density at radius 1 is 1.08 bits per heavy atom. The van der Waals surface area contributed by atoms with Crippen molar-refractivity contribution in [3.8, 4) is 0 Å². The number of halogens is 2. The molecule has 0 saturated carbocycles. The Morgan fingerprint density at radius 2 is 1.58 bits per heavy atom. The van der Waals surface area contributed by atoms with E-state index in [0.717, 1.165) is 25.8 Å². The number of unbranched alkanes of at least 4 members (excludes halogenated alkanes) is 1. The fourth-order valence-corrected chi connectivity index (χ4v) is 0.991. The molecule has 78 valence electrons. The summed E-state index contributed by atoms with van der Waals surface area (Å²) in [6.07, 6.45) is 5.83. The molecule has 1 atom stereocenters. The van der Waals surface area contributed by atoms with Crippen LogP contribution in [0.2, 0.25) is 0 Å². The minimum absolute atomic E-state index is 0. The third-order valence-corrected chi connectivity index (χ3v) is 1.71. The molecule has 12 heavy (non-hydrogen) atoms. The Bertz CT molecular complexity index is 64.1. The maximum absolute atomic E-state index is 5.79. The number of rotatable bonds is 6. The van der Waals surface area contributed by atoms with Gasteiger partial charge < -0.3 is 11.5 Å². The lowest BCUT2D eigenvalue weighted by atomic mass is 10.1. The summed E-state index contributed by atoms with van der Waals surface area (Å²) in [6.45, 7) is 2.97. The van der Waals surface area contributed by atoms with Crippen molar-refractivity contribution in [3.05, 3.63) is 0 Å². The molecule has 0 aliphatic carbocycles. The van der Waals surface area contributed by atoms with Gasteiger partial charge in [0.05, 0.1) is 0 Å². The van der Waals surface area contributed by atoms with Crippen LogP contribution >= 0.6 is 48.0 Å². The molecule has 0 aromatic rings. The van der Waals surface area contributed by atoms with Gasteiger partial charge in [0.2, 0.25) is 0 Å². The van der Waals surface area contributed by atoms with Gasteiger partial charge in [-0.3, -0.25) is 0 Å². The Hall–Kier alpha value is 1.38. The molecule has 0 aromatic heterocycles. The Kier molecular flexibility index (Phi) is 23.6. The predicted octanol–water partition coefficient (Wildman–Crippen LogP) is 2.48. The van der Waals surface area contributed by atoms with Gasteiger partial charge >= 0.3 is 0 Å². The van der Waals surface area contributed by atoms with Crippen molar-refractivity contribution in [3.63, 3.8) is 0 Å². The summed E-state index contributed by atoms with van der Waals surface area (Å²) in [6, 6.07) is 0.392. The van der Waals surface area contributed by atoms with E-state index in [0.29, 0.717) is 6.04 Å². The van der Waals surface area contributed by atoms with E-state index in [-0.39, 0.29) is 48.0 Å². The van der Waals surface area contributed by atoms with Gasteiger partial charge in [0.15, 0.2) is 0 Å². The maximum atomic E-state index is 5.79. The zero-order chi connectivity index (χ0) is 7.82. The van der Waals surface area contributed by atoms with Crippen LogP contribution in [0.3, 0.4) is 0 Å². The number of hydrogen-bond donors (Lipinski definition) is 2. The molecule has 0 rings (SSSR count). The molecule has 0 spiro atoms. The average Bonchev–Trinajstić information content (AvgIpc) is 1.97. The number of nitrogens with two attached hydrogens (primary N) is 2. The first-order valence-corrected chi connectivity index (χ1v) is 4.27. The molecule has 0 bridgehead atoms. The van der Waals surface area contributed by atoms with Gasteiger partial charge in [-0.25, -0.2) is 0 Å². The maximum Gasteiger partial charge on any atom is 0.00392 e. The van der Waals surface area contributed by atoms with Crippen LogP contribution in [0.4, 0.5) is 0 Å². The van der Waals surface area contributed by atoms with Crippen molar-refractivity contribution in [2.45, 2.75) is 45.1 Å². The summed E-state index contributed by atoms with van der Waals surface area (Å²) in [5.41, 5.74) is 11.1. The summed E-state index contributed by atoms with van der Waals surface area (Å²) in [4.78, 5) is 0. The molecule has 0 radical (unpaired) electrons. The van der Waals surface area contributed by atoms with E-state index in [1.807, 2.05) is 0 Å². The van der Waals surface area contributed by atoms with Crippen LogP contribution in [0.25, 0.3) is 0 Å². The van der Waals surface area contributed by atoms with Crippen LogP contribution < -0.4 is 11.5 Å². The Labute approximate surface area is 110 Å². The summed E-state index contributed by atoms with van der Waals surface area (Å²) in [7, 11) is 0. The highest BCUT2D eigenvalue weighted by molar-refractivity contribution is 14.0. The molecule has 0 amide bonds. The van der Waals surface area contributed by atoms with E-state index in [1.165, 1.54) is 12.8 Å². The third-order valence-electron chi connectivity index (χ3n) is 1.71. The third kappa shape index (κ3) is 13.9. The molecule has 4 N–H and O–H groups in total. The molecular weight excluding hydrogens is 378 g/mol. The quantitative estimate of drug-likeness (QED) is 0.674. The first-order valence-electron chi connectivity index (χ1n) is 4.27. The van der Waals surface area contributed by atoms with Gasteiger partial charge in [0.25, 0.3) is 0 Å². The molecule has 0 aliphatic heterocycles. The van der Waals surface area contributed by atoms with Gasteiger partial charge in [0.1, 0.15) is 0 Å². The molecule has 0 saturated heterocycles. The molecule has 0 aliphatic rings. The fraction of sp³-hybridized carbons (Fsp3) is 1.00. The zero-order valence-electron chi connectivity index (χ0n) is 7.79. The lowest BCUT2D eigenvalue weighted by Gasteiger charge is -2.08. The van der Waals surface area contributed by atoms with E-state index in [1.54, 1.807) is 0 Å². The Morgan fingerprint density at radius 3 is 2.00 bits per heavy atom. The summed E-state index contributed by atoms with van der Waals surface area (Å²) in [5, 5.41) is 0. The standard InChI is InChI=1S/C8H20N2.2HI/c1-2-3-5-8(10)6-4-7-9;;/h8H,2-7,9-10H2,1H3;2*1H. The minimum Gasteiger partial charge on any atom is -0.330 e. The average molecular weight is 400 g/mol. The van der Waals surface area contributed by atoms with Crippen LogP contribution in [0.15, 0.2) is 0 Å². The topological polar surface area (TPSA) is 52.0 Å². The molecule has 4 heteroatoms. The minimum atomic E-state index is 0. The predicted molar refractivity (Wildman–Crippen MR) is 76.6 cm³/mol. The smallest absolute Gasteiger partial charge is 0.00392 e. The first-order chi connectivity index (χ1) is 4.81. The Balaban J connectivity index is -0.000000405. The SMILES string of the molecule is CCCCC(N)CCCN.I.I. The van der Waals surface area contributed by atoms with Crippen LogP contribution in [0.1, 0.15) is 39.0 Å². The van der Waals surface area contributed by atoms with Crippen molar-refractivity contribution < 1.29 is 0 Å². The van der Waals surface area contributed by atoms with E-state index in [2.05, 4.69) is 6.92 Å². The van der Waals surface area contributed by atoms with Crippen molar-refractivity contribution in [2.24, 2.45) is 11.5 Å². The van der Waals surface area contributed by atoms with Crippen molar-refractivity contribution >= 4 is 48.0 Å². The van der Waals surface area contributed by atoms with Crippen LogP contribution in [-0.2, 0) is 0 Å². The lowest BCUT2D eigenvalue weighted by molar-refractivity contribution is 0.527. The zero-order valence-corrected chi connectivity index (χ0v) is 12.5. The second-order valence-electron chi connectivity index (χ2n) is 2.83. The monoisotopic (exact) mass is 400 g/mol. The van der Waals surface area contributed by atoms with Gasteiger partial charge in [-0.1, -0.05) is 19.8 Å². The van der Waals surface area contributed by atoms with Crippen molar-refractivity contribution in [1.29, 1.82) is 0 Å². The lowest BCUT2D eigenvalue weighted by Crippen LogP contribution is -2.20. The van der Waals surface area contributed by atoms with Crippen LogP contribution in [-0.4, -0.2) is 12.6 Å². The first kappa shape index (κ1) is 19.0. The fourth-order valence-electron chi connectivity index (χ4n) is 0.991. The highest BCUT2D eigenvalue weighted by atomic mass is 127. The normalized spacial score (nSPS) is 11.2. The summed E-state index contributed by atoms with van der Waals surface area (Å²) < 4.78 is 0. The second-order valence-corrected chi connectivity index (χ2v) is 2.83. The molecule has 2 nitrogen and oxygen atoms in total. The largest absolute Gasteiger partial charge is 0.330 e. The molecular formula is C8H22I2N2. The molecule has 0 fully saturated rings. The molecule has 0 heterocycles. The van der Waals surface area contributed by atoms with Crippen LogP contribution in [0.5, 0.6) is 0 Å². The van der Waals surface area contributed by atoms with Gasteiger partial charge in [-0.05, 0) is 25.8 Å². The highest BCUT2D eigenvalue weighted by Gasteiger charge is 1.99. The van der Waals surface area contributed by atoms with Crippen molar-refractivity contribution in [2.75, 3.05) is 6.54 Å². The summed E-state index contributed by atoms with van der Waals surface area (Å²) in [5.74, 6) is 0. The van der Waals surface area contributed by atoms with E-state index >= 15 is 0 Å². The van der Waals surface area contributed by atoms with E-state index in [9.17, 15) is 0 Å². The van der Waals surface area contributed by atoms with Crippen molar-refractivity contribution in [1.82, 2.24) is 0 Å². The highest BCUT2D eigenvalue weighted by Crippen LogP contribution is 2.02. The number of hydrogen-bond acceptors (Lipinski definition) is 2. The summed E-state index contributed by atoms with van der Waals surface area (Å²) >= 11 is 0. The van der Waals surface area contributed by atoms with E-state index < -0.39 is 0 Å². The van der Waals surface area contributed by atoms with E-state index in [4.69, 9.17) is 11.5 Å². The van der Waals surface area contributed by atoms with Gasteiger partial charge in [-0.2, -0.15) is 0 Å². The van der Waals surface area contributed by atoms with Gasteiger partial charge in [-0.15, -0.1) is 48.0 Å². The van der Waals surface area contributed by atoms with Crippen LogP contribution in [0, 0.1) is 0 Å².